The topological polar surface area (TPSA) is 84.2 Å². The highest BCUT2D eigenvalue weighted by atomic mass is 16.1. The van der Waals surface area contributed by atoms with Gasteiger partial charge < -0.3 is 10.6 Å². The number of aromatic nitrogens is 4. The number of amides is 1. The Labute approximate surface area is 156 Å². The average molecular weight is 358 g/mol. The Balaban J connectivity index is 1.56. The van der Waals surface area contributed by atoms with Gasteiger partial charge in [0.05, 0.1) is 12.2 Å². The van der Waals surface area contributed by atoms with Gasteiger partial charge in [-0.2, -0.15) is 9.61 Å². The largest absolute Gasteiger partial charge is 0.378 e. The van der Waals surface area contributed by atoms with Crippen LogP contribution >= 0.6 is 0 Å². The van der Waals surface area contributed by atoms with E-state index in [0.29, 0.717) is 18.0 Å². The molecule has 0 bridgehead atoms. The van der Waals surface area contributed by atoms with Crippen LogP contribution < -0.4 is 10.6 Å². The van der Waals surface area contributed by atoms with Gasteiger partial charge in [-0.15, -0.1) is 10.2 Å². The maximum Gasteiger partial charge on any atom is 0.221 e. The maximum atomic E-state index is 11.2. The van der Waals surface area contributed by atoms with Gasteiger partial charge >= 0.3 is 0 Å². The van der Waals surface area contributed by atoms with E-state index in [-0.39, 0.29) is 5.91 Å². The van der Waals surface area contributed by atoms with E-state index in [1.807, 2.05) is 66.7 Å². The molecule has 0 spiro atoms. The number of fused-ring (bicyclic) bond motifs is 1. The zero-order valence-corrected chi connectivity index (χ0v) is 14.8. The van der Waals surface area contributed by atoms with E-state index in [0.717, 1.165) is 22.6 Å². The van der Waals surface area contributed by atoms with E-state index < -0.39 is 0 Å². The molecule has 7 heteroatoms. The molecule has 27 heavy (non-hydrogen) atoms. The van der Waals surface area contributed by atoms with Gasteiger partial charge in [0.2, 0.25) is 5.91 Å². The molecule has 0 aliphatic heterocycles. The lowest BCUT2D eigenvalue weighted by Crippen LogP contribution is -2.08. The summed E-state index contributed by atoms with van der Waals surface area (Å²) >= 11 is 0. The van der Waals surface area contributed by atoms with Gasteiger partial charge in [0, 0.05) is 23.9 Å². The third kappa shape index (κ3) is 3.77. The van der Waals surface area contributed by atoms with Crippen LogP contribution in [0.25, 0.3) is 16.9 Å². The van der Waals surface area contributed by atoms with Crippen molar-refractivity contribution in [2.75, 3.05) is 10.6 Å². The summed E-state index contributed by atoms with van der Waals surface area (Å²) < 4.78 is 1.74. The molecule has 0 saturated carbocycles. The molecular weight excluding hydrogens is 340 g/mol. The zero-order chi connectivity index (χ0) is 18.6. The summed E-state index contributed by atoms with van der Waals surface area (Å²) in [6.45, 7) is 1.94. The number of hydrogen-bond donors (Lipinski definition) is 2. The summed E-state index contributed by atoms with van der Waals surface area (Å²) in [5, 5.41) is 19.1. The minimum absolute atomic E-state index is 0.103. The predicted molar refractivity (Wildman–Crippen MR) is 104 cm³/mol. The van der Waals surface area contributed by atoms with Crippen molar-refractivity contribution in [2.24, 2.45) is 0 Å². The fourth-order valence-corrected chi connectivity index (χ4v) is 2.80. The van der Waals surface area contributed by atoms with Gasteiger partial charge in [0.1, 0.15) is 0 Å². The summed E-state index contributed by atoms with van der Waals surface area (Å²) in [6, 6.07) is 21.3. The van der Waals surface area contributed by atoms with Crippen molar-refractivity contribution in [3.63, 3.8) is 0 Å². The Morgan fingerprint density at radius 3 is 2.59 bits per heavy atom. The number of hydrogen-bond acceptors (Lipinski definition) is 5. The fourth-order valence-electron chi connectivity index (χ4n) is 2.80. The molecule has 2 heterocycles. The predicted octanol–water partition coefficient (Wildman–Crippen LogP) is 3.36. The highest BCUT2D eigenvalue weighted by Crippen LogP contribution is 2.18. The lowest BCUT2D eigenvalue weighted by atomic mass is 10.1. The third-order valence-corrected chi connectivity index (χ3v) is 4.03. The number of carbonyl (C=O) groups excluding carboxylic acids is 1. The van der Waals surface area contributed by atoms with Crippen LogP contribution in [0.1, 0.15) is 12.7 Å². The van der Waals surface area contributed by atoms with Crippen LogP contribution in [0.15, 0.2) is 66.7 Å². The van der Waals surface area contributed by atoms with E-state index >= 15 is 0 Å². The van der Waals surface area contributed by atoms with Crippen LogP contribution in [0.5, 0.6) is 0 Å². The smallest absolute Gasteiger partial charge is 0.221 e. The van der Waals surface area contributed by atoms with E-state index in [2.05, 4.69) is 25.9 Å². The monoisotopic (exact) mass is 358 g/mol. The second kappa shape index (κ2) is 7.25. The Bertz CT molecular complexity index is 1090. The summed E-state index contributed by atoms with van der Waals surface area (Å²) in [5.41, 5.74) is 4.20. The van der Waals surface area contributed by atoms with E-state index in [4.69, 9.17) is 0 Å². The van der Waals surface area contributed by atoms with Crippen LogP contribution in [0.4, 0.5) is 11.4 Å². The minimum atomic E-state index is -0.103. The van der Waals surface area contributed by atoms with Gasteiger partial charge in [-0.1, -0.05) is 36.4 Å². The second-order valence-electron chi connectivity index (χ2n) is 6.09. The van der Waals surface area contributed by atoms with Crippen LogP contribution in [0.2, 0.25) is 0 Å². The zero-order valence-electron chi connectivity index (χ0n) is 14.8. The SMILES string of the molecule is CC(=O)Nc1cccc(NCc2nnc3ccc(-c4ccccc4)nn23)c1. The number of anilines is 2. The number of benzene rings is 2. The van der Waals surface area contributed by atoms with Crippen LogP contribution in [0, 0.1) is 0 Å². The fraction of sp³-hybridized carbons (Fsp3) is 0.100. The first kappa shape index (κ1) is 16.7. The van der Waals surface area contributed by atoms with E-state index in [1.54, 1.807) is 4.52 Å². The van der Waals surface area contributed by atoms with Crippen LogP contribution in [-0.4, -0.2) is 25.7 Å². The Morgan fingerprint density at radius 1 is 0.963 bits per heavy atom. The highest BCUT2D eigenvalue weighted by molar-refractivity contribution is 5.89. The van der Waals surface area contributed by atoms with Crippen molar-refractivity contribution in [2.45, 2.75) is 13.5 Å². The number of rotatable bonds is 5. The van der Waals surface area contributed by atoms with Crippen LogP contribution in [-0.2, 0) is 11.3 Å². The number of nitrogens with one attached hydrogen (secondary N) is 2. The van der Waals surface area contributed by atoms with E-state index in [1.165, 1.54) is 6.92 Å². The molecule has 0 unspecified atom stereocenters. The van der Waals surface area contributed by atoms with Gasteiger partial charge in [0.15, 0.2) is 11.5 Å². The third-order valence-electron chi connectivity index (χ3n) is 4.03. The summed E-state index contributed by atoms with van der Waals surface area (Å²) in [4.78, 5) is 11.2. The molecule has 2 N–H and O–H groups in total. The lowest BCUT2D eigenvalue weighted by molar-refractivity contribution is -0.114. The first-order valence-electron chi connectivity index (χ1n) is 8.57. The maximum absolute atomic E-state index is 11.2. The summed E-state index contributed by atoms with van der Waals surface area (Å²) in [5.74, 6) is 0.598. The Hall–Kier alpha value is -3.74. The molecule has 4 rings (SSSR count). The number of nitrogens with zero attached hydrogens (tertiary/aromatic N) is 4. The molecule has 2 aromatic heterocycles. The van der Waals surface area contributed by atoms with Crippen molar-refractivity contribution in [3.8, 4) is 11.3 Å². The summed E-state index contributed by atoms with van der Waals surface area (Å²) in [6.07, 6.45) is 0. The minimum Gasteiger partial charge on any atom is -0.378 e. The van der Waals surface area contributed by atoms with Gasteiger partial charge in [-0.05, 0) is 30.3 Å². The first-order valence-corrected chi connectivity index (χ1v) is 8.57. The average Bonchev–Trinajstić information content (AvgIpc) is 3.09. The molecule has 7 nitrogen and oxygen atoms in total. The molecule has 2 aromatic carbocycles. The van der Waals surface area contributed by atoms with Gasteiger partial charge in [0.25, 0.3) is 0 Å². The number of carbonyl (C=O) groups is 1. The molecule has 0 radical (unpaired) electrons. The van der Waals surface area contributed by atoms with Crippen molar-refractivity contribution < 1.29 is 4.79 Å². The van der Waals surface area contributed by atoms with Crippen molar-refractivity contribution >= 4 is 22.9 Å². The Kier molecular flexibility index (Phi) is 4.49. The standard InChI is InChI=1S/C20H18N6O/c1-14(27)22-17-9-5-8-16(12-17)21-13-20-24-23-19-11-10-18(25-26(19)20)15-6-3-2-4-7-15/h2-12,21H,13H2,1H3,(H,22,27). The van der Waals surface area contributed by atoms with Crippen molar-refractivity contribution in [1.29, 1.82) is 0 Å². The molecule has 0 atom stereocenters. The van der Waals surface area contributed by atoms with Crippen molar-refractivity contribution in [3.05, 3.63) is 72.6 Å². The summed E-state index contributed by atoms with van der Waals surface area (Å²) in [7, 11) is 0. The molecule has 0 aliphatic carbocycles. The first-order chi connectivity index (χ1) is 13.2. The molecule has 1 amide bonds. The quantitative estimate of drug-likeness (QED) is 0.571. The lowest BCUT2D eigenvalue weighted by Gasteiger charge is -2.08. The molecular formula is C20H18N6O. The van der Waals surface area contributed by atoms with Gasteiger partial charge in [-0.25, -0.2) is 0 Å². The van der Waals surface area contributed by atoms with Crippen molar-refractivity contribution in [1.82, 2.24) is 19.8 Å². The molecule has 0 fully saturated rings. The molecule has 0 aliphatic rings. The normalized spacial score (nSPS) is 10.7. The Morgan fingerprint density at radius 2 is 1.78 bits per heavy atom. The molecule has 4 aromatic rings. The molecule has 0 saturated heterocycles. The van der Waals surface area contributed by atoms with Gasteiger partial charge in [-0.3, -0.25) is 4.79 Å². The molecule has 134 valence electrons. The highest BCUT2D eigenvalue weighted by Gasteiger charge is 2.09. The second-order valence-corrected chi connectivity index (χ2v) is 6.09. The van der Waals surface area contributed by atoms with Crippen LogP contribution in [0.3, 0.4) is 0 Å². The van der Waals surface area contributed by atoms with E-state index in [9.17, 15) is 4.79 Å².